The quantitative estimate of drug-likeness (QED) is 0.787. The third-order valence-corrected chi connectivity index (χ3v) is 6.25. The molecular formula is C20H22F3NO4S. The molecule has 158 valence electrons. The second-order valence-corrected chi connectivity index (χ2v) is 9.60. The summed E-state index contributed by atoms with van der Waals surface area (Å²) in [4.78, 5) is 3.94. The van der Waals surface area contributed by atoms with E-state index in [0.717, 1.165) is 25.2 Å². The highest BCUT2D eigenvalue weighted by atomic mass is 32.2. The number of pyridine rings is 1. The van der Waals surface area contributed by atoms with Gasteiger partial charge in [-0.1, -0.05) is 18.6 Å². The van der Waals surface area contributed by atoms with Crippen LogP contribution in [0.15, 0.2) is 41.4 Å². The van der Waals surface area contributed by atoms with Crippen molar-refractivity contribution >= 4 is 9.84 Å². The van der Waals surface area contributed by atoms with Gasteiger partial charge in [0.25, 0.3) is 0 Å². The molecule has 29 heavy (non-hydrogen) atoms. The SMILES string of the molecule is C[C@@]1(O)CCCC[C@@H]1Oc1ncc(C(F)(F)F)cc1-c1ccc(S(C)(=O)=O)cc1. The first-order valence-electron chi connectivity index (χ1n) is 9.15. The molecule has 9 heteroatoms. The lowest BCUT2D eigenvalue weighted by Gasteiger charge is -2.37. The first-order valence-corrected chi connectivity index (χ1v) is 11.0. The zero-order valence-electron chi connectivity index (χ0n) is 16.0. The number of sulfone groups is 1. The van der Waals surface area contributed by atoms with Crippen molar-refractivity contribution in [1.82, 2.24) is 4.98 Å². The Morgan fingerprint density at radius 3 is 2.41 bits per heavy atom. The smallest absolute Gasteiger partial charge is 0.417 e. The standard InChI is InChI=1S/C20H22F3NO4S/c1-19(25)10-4-3-5-17(19)28-18-16(11-14(12-24-18)20(21,22)23)13-6-8-15(9-7-13)29(2,26)27/h6-9,11-12,17,25H,3-5,10H2,1-2H3/t17-,19+/m0/s1. The Bertz CT molecular complexity index is 986. The van der Waals surface area contributed by atoms with Crippen molar-refractivity contribution in [2.45, 2.75) is 55.4 Å². The Kier molecular flexibility index (Phi) is 5.66. The van der Waals surface area contributed by atoms with Crippen LogP contribution in [0.25, 0.3) is 11.1 Å². The molecule has 1 heterocycles. The van der Waals surface area contributed by atoms with Crippen molar-refractivity contribution in [3.05, 3.63) is 42.1 Å². The number of aliphatic hydroxyl groups is 1. The highest BCUT2D eigenvalue weighted by Gasteiger charge is 2.38. The summed E-state index contributed by atoms with van der Waals surface area (Å²) in [5.74, 6) is -0.0303. The second kappa shape index (κ2) is 7.60. The van der Waals surface area contributed by atoms with Crippen LogP contribution in [0.3, 0.4) is 0 Å². The van der Waals surface area contributed by atoms with Gasteiger partial charge in [0.2, 0.25) is 5.88 Å². The monoisotopic (exact) mass is 429 g/mol. The van der Waals surface area contributed by atoms with Gasteiger partial charge in [0.15, 0.2) is 9.84 Å². The molecule has 1 aliphatic rings. The Balaban J connectivity index is 2.05. The molecule has 0 unspecified atom stereocenters. The molecule has 1 fully saturated rings. The van der Waals surface area contributed by atoms with E-state index in [2.05, 4.69) is 4.98 Å². The molecule has 1 aromatic carbocycles. The molecule has 0 saturated heterocycles. The van der Waals surface area contributed by atoms with Gasteiger partial charge in [0.05, 0.1) is 16.1 Å². The van der Waals surface area contributed by atoms with Crippen LogP contribution in [0.4, 0.5) is 13.2 Å². The molecule has 1 N–H and O–H groups in total. The van der Waals surface area contributed by atoms with E-state index in [0.29, 0.717) is 24.6 Å². The van der Waals surface area contributed by atoms with Gasteiger partial charge in [0.1, 0.15) is 6.10 Å². The average molecular weight is 429 g/mol. The van der Waals surface area contributed by atoms with Crippen LogP contribution in [0.5, 0.6) is 5.88 Å². The molecular weight excluding hydrogens is 407 g/mol. The van der Waals surface area contributed by atoms with Crippen molar-refractivity contribution in [1.29, 1.82) is 0 Å². The van der Waals surface area contributed by atoms with Crippen LogP contribution < -0.4 is 4.74 Å². The summed E-state index contributed by atoms with van der Waals surface area (Å²) in [5, 5.41) is 10.6. The summed E-state index contributed by atoms with van der Waals surface area (Å²) in [7, 11) is -3.44. The number of hydrogen-bond donors (Lipinski definition) is 1. The van der Waals surface area contributed by atoms with E-state index < -0.39 is 33.3 Å². The number of alkyl halides is 3. The number of aromatic nitrogens is 1. The largest absolute Gasteiger partial charge is 0.471 e. The van der Waals surface area contributed by atoms with Crippen LogP contribution >= 0.6 is 0 Å². The van der Waals surface area contributed by atoms with Gasteiger partial charge >= 0.3 is 6.18 Å². The van der Waals surface area contributed by atoms with Gasteiger partial charge in [-0.3, -0.25) is 0 Å². The van der Waals surface area contributed by atoms with Gasteiger partial charge in [-0.25, -0.2) is 13.4 Å². The zero-order chi connectivity index (χ0) is 21.4. The Morgan fingerprint density at radius 1 is 1.21 bits per heavy atom. The van der Waals surface area contributed by atoms with Gasteiger partial charge in [-0.05, 0) is 49.9 Å². The van der Waals surface area contributed by atoms with Crippen molar-refractivity contribution in [2.24, 2.45) is 0 Å². The van der Waals surface area contributed by atoms with E-state index in [1.54, 1.807) is 6.92 Å². The lowest BCUT2D eigenvalue weighted by Crippen LogP contribution is -2.45. The van der Waals surface area contributed by atoms with Crippen molar-refractivity contribution < 1.29 is 31.4 Å². The van der Waals surface area contributed by atoms with Crippen molar-refractivity contribution in [3.63, 3.8) is 0 Å². The fourth-order valence-electron chi connectivity index (χ4n) is 3.39. The lowest BCUT2D eigenvalue weighted by atomic mass is 9.83. The topological polar surface area (TPSA) is 76.5 Å². The van der Waals surface area contributed by atoms with Gasteiger partial charge < -0.3 is 9.84 Å². The summed E-state index contributed by atoms with van der Waals surface area (Å²) in [5.41, 5.74) is -1.63. The average Bonchev–Trinajstić information content (AvgIpc) is 2.62. The zero-order valence-corrected chi connectivity index (χ0v) is 16.8. The predicted molar refractivity (Wildman–Crippen MR) is 101 cm³/mol. The highest BCUT2D eigenvalue weighted by molar-refractivity contribution is 7.90. The molecule has 1 saturated carbocycles. The second-order valence-electron chi connectivity index (χ2n) is 7.58. The summed E-state index contributed by atoms with van der Waals surface area (Å²) in [6, 6.07) is 6.41. The Labute approximate surface area is 167 Å². The van der Waals surface area contributed by atoms with Crippen LogP contribution in [-0.2, 0) is 16.0 Å². The van der Waals surface area contributed by atoms with Gasteiger partial charge in [-0.15, -0.1) is 0 Å². The number of nitrogens with zero attached hydrogens (tertiary/aromatic N) is 1. The number of hydrogen-bond acceptors (Lipinski definition) is 5. The molecule has 1 aromatic heterocycles. The number of rotatable bonds is 4. The first kappa shape index (κ1) is 21.6. The van der Waals surface area contributed by atoms with Crippen molar-refractivity contribution in [2.75, 3.05) is 6.26 Å². The van der Waals surface area contributed by atoms with Gasteiger partial charge in [0, 0.05) is 18.0 Å². The van der Waals surface area contributed by atoms with Crippen LogP contribution in [0, 0.1) is 0 Å². The Morgan fingerprint density at radius 2 is 1.86 bits per heavy atom. The Hall–Kier alpha value is -2.13. The fraction of sp³-hybridized carbons (Fsp3) is 0.450. The molecule has 2 aromatic rings. The maximum Gasteiger partial charge on any atom is 0.417 e. The molecule has 0 bridgehead atoms. The van der Waals surface area contributed by atoms with E-state index in [4.69, 9.17) is 4.74 Å². The minimum absolute atomic E-state index is 0.0303. The maximum atomic E-state index is 13.2. The summed E-state index contributed by atoms with van der Waals surface area (Å²) in [6.45, 7) is 1.64. The summed E-state index contributed by atoms with van der Waals surface area (Å²) in [6.07, 6.45) is -0.696. The fourth-order valence-corrected chi connectivity index (χ4v) is 4.03. The molecule has 0 spiro atoms. The molecule has 0 radical (unpaired) electrons. The lowest BCUT2D eigenvalue weighted by molar-refractivity contribution is -0.137. The van der Waals surface area contributed by atoms with E-state index in [1.807, 2.05) is 0 Å². The predicted octanol–water partition coefficient (Wildman–Crippen LogP) is 4.24. The molecule has 0 aliphatic heterocycles. The number of ether oxygens (including phenoxy) is 1. The molecule has 3 rings (SSSR count). The molecule has 2 atom stereocenters. The summed E-state index contributed by atoms with van der Waals surface area (Å²) >= 11 is 0. The van der Waals surface area contributed by atoms with Crippen LogP contribution in [0.1, 0.15) is 38.2 Å². The van der Waals surface area contributed by atoms with E-state index >= 15 is 0 Å². The van der Waals surface area contributed by atoms with Crippen molar-refractivity contribution in [3.8, 4) is 17.0 Å². The third-order valence-electron chi connectivity index (χ3n) is 5.12. The van der Waals surface area contributed by atoms with Gasteiger partial charge in [-0.2, -0.15) is 13.2 Å². The minimum Gasteiger partial charge on any atom is -0.471 e. The normalized spacial score (nSPS) is 23.0. The molecule has 1 aliphatic carbocycles. The minimum atomic E-state index is -4.59. The van der Waals surface area contributed by atoms with E-state index in [9.17, 15) is 26.7 Å². The first-order chi connectivity index (χ1) is 13.4. The third kappa shape index (κ3) is 4.90. The van der Waals surface area contributed by atoms with Crippen LogP contribution in [-0.4, -0.2) is 36.5 Å². The summed E-state index contributed by atoms with van der Waals surface area (Å²) < 4.78 is 68.8. The molecule has 5 nitrogen and oxygen atoms in total. The molecule has 0 amide bonds. The van der Waals surface area contributed by atoms with Crippen LogP contribution in [0.2, 0.25) is 0 Å². The number of benzene rings is 1. The number of halogens is 3. The van der Waals surface area contributed by atoms with E-state index in [1.165, 1.54) is 24.3 Å². The maximum absolute atomic E-state index is 13.2. The highest BCUT2D eigenvalue weighted by Crippen LogP contribution is 2.38. The van der Waals surface area contributed by atoms with E-state index in [-0.39, 0.29) is 16.3 Å².